The minimum absolute atomic E-state index is 0.0423. The summed E-state index contributed by atoms with van der Waals surface area (Å²) in [5, 5.41) is 3.12. The van der Waals surface area contributed by atoms with Gasteiger partial charge >= 0.3 is 0 Å². The molecule has 0 aromatic heterocycles. The Labute approximate surface area is 115 Å². The van der Waals surface area contributed by atoms with Crippen molar-refractivity contribution in [1.29, 1.82) is 0 Å². The lowest BCUT2D eigenvalue weighted by Gasteiger charge is -2.28. The molecule has 3 heteroatoms. The van der Waals surface area contributed by atoms with E-state index in [2.05, 4.69) is 12.2 Å². The molecule has 1 atom stereocenters. The first-order valence-corrected chi connectivity index (χ1v) is 7.25. The highest BCUT2D eigenvalue weighted by atomic mass is 16.1. The average Bonchev–Trinajstić information content (AvgIpc) is 2.42. The highest BCUT2D eigenvalue weighted by Gasteiger charge is 2.22. The number of hydrogen-bond donors (Lipinski definition) is 2. The fraction of sp³-hybridized carbons (Fsp3) is 0.562. The number of hydrogen-bond acceptors (Lipinski definition) is 2. The number of nitrogen functional groups attached to an aromatic ring is 1. The third-order valence-electron chi connectivity index (χ3n) is 4.17. The van der Waals surface area contributed by atoms with Gasteiger partial charge in [0.15, 0.2) is 0 Å². The van der Waals surface area contributed by atoms with Gasteiger partial charge in [0, 0.05) is 11.7 Å². The second-order valence-electron chi connectivity index (χ2n) is 5.75. The number of anilines is 1. The molecule has 1 aliphatic carbocycles. The smallest absolute Gasteiger partial charge is 0.253 e. The minimum Gasteiger partial charge on any atom is -0.398 e. The van der Waals surface area contributed by atoms with Crippen molar-refractivity contribution in [1.82, 2.24) is 5.32 Å². The van der Waals surface area contributed by atoms with Crippen LogP contribution < -0.4 is 11.1 Å². The monoisotopic (exact) mass is 260 g/mol. The average molecular weight is 260 g/mol. The van der Waals surface area contributed by atoms with Gasteiger partial charge in [0.05, 0.1) is 5.56 Å². The van der Waals surface area contributed by atoms with Crippen molar-refractivity contribution in [2.24, 2.45) is 5.92 Å². The molecule has 3 nitrogen and oxygen atoms in total. The van der Waals surface area contributed by atoms with Gasteiger partial charge in [0.2, 0.25) is 0 Å². The van der Waals surface area contributed by atoms with Crippen LogP contribution in [0.4, 0.5) is 5.69 Å². The molecule has 0 spiro atoms. The fourth-order valence-corrected chi connectivity index (χ4v) is 2.90. The third kappa shape index (κ3) is 3.49. The molecular weight excluding hydrogens is 236 g/mol. The molecule has 1 fully saturated rings. The van der Waals surface area contributed by atoms with Crippen LogP contribution in [0, 0.1) is 12.8 Å². The van der Waals surface area contributed by atoms with Crippen LogP contribution in [-0.2, 0) is 0 Å². The Bertz CT molecular complexity index is 450. The molecule has 0 radical (unpaired) electrons. The van der Waals surface area contributed by atoms with E-state index in [1.165, 1.54) is 32.1 Å². The van der Waals surface area contributed by atoms with Crippen LogP contribution in [-0.4, -0.2) is 11.9 Å². The molecular formula is C16H24N2O. The molecule has 3 N–H and O–H groups in total. The van der Waals surface area contributed by atoms with Crippen LogP contribution >= 0.6 is 0 Å². The van der Waals surface area contributed by atoms with Gasteiger partial charge in [-0.05, 0) is 44.7 Å². The molecule has 19 heavy (non-hydrogen) atoms. The molecule has 0 bridgehead atoms. The van der Waals surface area contributed by atoms with Gasteiger partial charge in [-0.3, -0.25) is 4.79 Å². The van der Waals surface area contributed by atoms with E-state index in [-0.39, 0.29) is 11.9 Å². The van der Waals surface area contributed by atoms with Crippen LogP contribution in [0.5, 0.6) is 0 Å². The van der Waals surface area contributed by atoms with E-state index in [1.807, 2.05) is 19.1 Å². The van der Waals surface area contributed by atoms with Gasteiger partial charge in [0.1, 0.15) is 0 Å². The third-order valence-corrected chi connectivity index (χ3v) is 4.17. The van der Waals surface area contributed by atoms with E-state index >= 15 is 0 Å². The summed E-state index contributed by atoms with van der Waals surface area (Å²) in [6.45, 7) is 4.08. The second-order valence-corrected chi connectivity index (χ2v) is 5.75. The first-order chi connectivity index (χ1) is 9.08. The molecule has 2 rings (SSSR count). The first kappa shape index (κ1) is 13.9. The zero-order valence-electron chi connectivity index (χ0n) is 11.9. The quantitative estimate of drug-likeness (QED) is 0.819. The van der Waals surface area contributed by atoms with E-state index < -0.39 is 0 Å². The van der Waals surface area contributed by atoms with Crippen molar-refractivity contribution < 1.29 is 4.79 Å². The maximum atomic E-state index is 12.3. The van der Waals surface area contributed by atoms with E-state index in [0.717, 1.165) is 5.56 Å². The number of benzene rings is 1. The summed E-state index contributed by atoms with van der Waals surface area (Å²) in [5.41, 5.74) is 8.10. The predicted molar refractivity (Wildman–Crippen MR) is 79.1 cm³/mol. The van der Waals surface area contributed by atoms with Gasteiger partial charge < -0.3 is 11.1 Å². The Morgan fingerprint density at radius 3 is 2.68 bits per heavy atom. The summed E-state index contributed by atoms with van der Waals surface area (Å²) < 4.78 is 0. The van der Waals surface area contributed by atoms with Crippen molar-refractivity contribution >= 4 is 11.6 Å². The summed E-state index contributed by atoms with van der Waals surface area (Å²) in [6, 6.07) is 5.82. The minimum atomic E-state index is -0.0423. The summed E-state index contributed by atoms with van der Waals surface area (Å²) in [4.78, 5) is 12.3. The number of nitrogens with one attached hydrogen (secondary N) is 1. The van der Waals surface area contributed by atoms with E-state index in [9.17, 15) is 4.79 Å². The van der Waals surface area contributed by atoms with Gasteiger partial charge in [-0.2, -0.15) is 0 Å². The largest absolute Gasteiger partial charge is 0.398 e. The summed E-state index contributed by atoms with van der Waals surface area (Å²) in [5.74, 6) is 0.572. The highest BCUT2D eigenvalue weighted by molar-refractivity contribution is 5.99. The van der Waals surface area contributed by atoms with Crippen LogP contribution in [0.3, 0.4) is 0 Å². The topological polar surface area (TPSA) is 55.1 Å². The number of rotatable bonds is 3. The zero-order chi connectivity index (χ0) is 13.8. The normalized spacial score (nSPS) is 18.0. The molecule has 0 saturated heterocycles. The maximum Gasteiger partial charge on any atom is 0.253 e. The predicted octanol–water partition coefficient (Wildman–Crippen LogP) is 3.28. The lowest BCUT2D eigenvalue weighted by Crippen LogP contribution is -2.39. The maximum absolute atomic E-state index is 12.3. The van der Waals surface area contributed by atoms with Gasteiger partial charge in [-0.25, -0.2) is 0 Å². The molecule has 0 heterocycles. The van der Waals surface area contributed by atoms with E-state index in [0.29, 0.717) is 17.2 Å². The van der Waals surface area contributed by atoms with Crippen molar-refractivity contribution in [3.63, 3.8) is 0 Å². The van der Waals surface area contributed by atoms with Crippen LogP contribution in [0.15, 0.2) is 18.2 Å². The zero-order valence-corrected chi connectivity index (χ0v) is 11.9. The highest BCUT2D eigenvalue weighted by Crippen LogP contribution is 2.26. The van der Waals surface area contributed by atoms with Crippen molar-refractivity contribution in [3.8, 4) is 0 Å². The second kappa shape index (κ2) is 6.09. The molecule has 1 amide bonds. The molecule has 1 aliphatic rings. The van der Waals surface area contributed by atoms with Gasteiger partial charge in [0.25, 0.3) is 5.91 Å². The Kier molecular flexibility index (Phi) is 4.46. The molecule has 1 aromatic rings. The molecule has 1 aromatic carbocycles. The van der Waals surface area contributed by atoms with E-state index in [1.54, 1.807) is 6.07 Å². The van der Waals surface area contributed by atoms with Crippen LogP contribution in [0.2, 0.25) is 0 Å². The SMILES string of the molecule is Cc1ccc(N)c(C(=O)NC(C)C2CCCCC2)c1. The Hall–Kier alpha value is -1.51. The first-order valence-electron chi connectivity index (χ1n) is 7.25. The Morgan fingerprint density at radius 1 is 1.32 bits per heavy atom. The molecule has 0 aliphatic heterocycles. The summed E-state index contributed by atoms with van der Waals surface area (Å²) in [7, 11) is 0. The fourth-order valence-electron chi connectivity index (χ4n) is 2.90. The molecule has 104 valence electrons. The van der Waals surface area contributed by atoms with E-state index in [4.69, 9.17) is 5.73 Å². The number of aryl methyl sites for hydroxylation is 1. The van der Waals surface area contributed by atoms with Gasteiger partial charge in [-0.1, -0.05) is 30.9 Å². The molecule has 1 unspecified atom stereocenters. The lowest BCUT2D eigenvalue weighted by atomic mass is 9.84. The molecule has 1 saturated carbocycles. The van der Waals surface area contributed by atoms with Crippen molar-refractivity contribution in [2.75, 3.05) is 5.73 Å². The summed E-state index contributed by atoms with van der Waals surface area (Å²) >= 11 is 0. The van der Waals surface area contributed by atoms with Crippen LogP contribution in [0.1, 0.15) is 54.9 Å². The lowest BCUT2D eigenvalue weighted by molar-refractivity contribution is 0.0920. The van der Waals surface area contributed by atoms with Crippen molar-refractivity contribution in [2.45, 2.75) is 52.0 Å². The number of carbonyl (C=O) groups excluding carboxylic acids is 1. The standard InChI is InChI=1S/C16H24N2O/c1-11-8-9-15(17)14(10-11)16(19)18-12(2)13-6-4-3-5-7-13/h8-10,12-13H,3-7,17H2,1-2H3,(H,18,19). The van der Waals surface area contributed by atoms with Crippen LogP contribution in [0.25, 0.3) is 0 Å². The van der Waals surface area contributed by atoms with Gasteiger partial charge in [-0.15, -0.1) is 0 Å². The number of nitrogens with two attached hydrogens (primary N) is 1. The Balaban J connectivity index is 2.01. The summed E-state index contributed by atoms with van der Waals surface area (Å²) in [6.07, 6.45) is 6.37. The number of carbonyl (C=O) groups is 1. The van der Waals surface area contributed by atoms with Crippen molar-refractivity contribution in [3.05, 3.63) is 29.3 Å². The number of amides is 1. The Morgan fingerprint density at radius 2 is 2.00 bits per heavy atom.